The number of carbonyl (C=O) groups is 2. The highest BCUT2D eigenvalue weighted by atomic mass is 35.5. The van der Waals surface area contributed by atoms with E-state index >= 15 is 0 Å². The second-order valence-electron chi connectivity index (χ2n) is 10.1. The summed E-state index contributed by atoms with van der Waals surface area (Å²) in [7, 11) is -4.25. The van der Waals surface area contributed by atoms with Crippen LogP contribution >= 0.6 is 34.8 Å². The Kier molecular flexibility index (Phi) is 11.3. The van der Waals surface area contributed by atoms with Crippen molar-refractivity contribution in [2.45, 2.75) is 37.8 Å². The molecule has 1 atom stereocenters. The van der Waals surface area contributed by atoms with E-state index in [1.54, 1.807) is 62.4 Å². The van der Waals surface area contributed by atoms with Gasteiger partial charge < -0.3 is 10.2 Å². The van der Waals surface area contributed by atoms with Gasteiger partial charge in [-0.2, -0.15) is 0 Å². The van der Waals surface area contributed by atoms with E-state index in [-0.39, 0.29) is 23.5 Å². The first kappa shape index (κ1) is 33.3. The molecule has 7 nitrogen and oxygen atoms in total. The summed E-state index contributed by atoms with van der Waals surface area (Å²) in [6, 6.07) is 25.9. The number of benzene rings is 4. The zero-order valence-electron chi connectivity index (χ0n) is 24.2. The molecule has 1 N–H and O–H groups in total. The van der Waals surface area contributed by atoms with Gasteiger partial charge in [0.05, 0.1) is 10.6 Å². The fourth-order valence-electron chi connectivity index (χ4n) is 4.78. The molecule has 4 rings (SSSR count). The monoisotopic (exact) mass is 671 g/mol. The zero-order valence-corrected chi connectivity index (χ0v) is 27.3. The molecule has 230 valence electrons. The van der Waals surface area contributed by atoms with E-state index in [1.807, 2.05) is 30.3 Å². The van der Waals surface area contributed by atoms with Gasteiger partial charge in [-0.1, -0.05) is 95.5 Å². The molecule has 0 saturated carbocycles. The molecule has 0 aliphatic rings. The lowest BCUT2D eigenvalue weighted by Crippen LogP contribution is -2.53. The molecule has 44 heavy (non-hydrogen) atoms. The maximum Gasteiger partial charge on any atom is 0.264 e. The number of rotatable bonds is 12. The summed E-state index contributed by atoms with van der Waals surface area (Å²) in [6.45, 7) is 3.09. The number of hydrogen-bond donors (Lipinski definition) is 1. The van der Waals surface area contributed by atoms with Crippen molar-refractivity contribution in [3.8, 4) is 0 Å². The molecule has 0 aromatic heterocycles. The molecule has 1 unspecified atom stereocenters. The predicted molar refractivity (Wildman–Crippen MR) is 177 cm³/mol. The summed E-state index contributed by atoms with van der Waals surface area (Å²) in [5.74, 6) is -1.03. The summed E-state index contributed by atoms with van der Waals surface area (Å²) in [4.78, 5) is 29.4. The lowest BCUT2D eigenvalue weighted by Gasteiger charge is -2.34. The van der Waals surface area contributed by atoms with Gasteiger partial charge in [0.2, 0.25) is 11.8 Å². The lowest BCUT2D eigenvalue weighted by atomic mass is 10.0. The van der Waals surface area contributed by atoms with E-state index in [0.29, 0.717) is 32.7 Å². The predicted octanol–water partition coefficient (Wildman–Crippen LogP) is 6.93. The molecule has 0 radical (unpaired) electrons. The van der Waals surface area contributed by atoms with E-state index in [0.717, 1.165) is 9.87 Å². The number of sulfonamides is 1. The van der Waals surface area contributed by atoms with Crippen LogP contribution < -0.4 is 9.62 Å². The van der Waals surface area contributed by atoms with E-state index in [4.69, 9.17) is 34.8 Å². The topological polar surface area (TPSA) is 86.8 Å². The third-order valence-corrected chi connectivity index (χ3v) is 9.78. The molecule has 11 heteroatoms. The van der Waals surface area contributed by atoms with Crippen molar-refractivity contribution < 1.29 is 18.0 Å². The molecular formula is C33H32Cl3N3O4S. The van der Waals surface area contributed by atoms with Crippen LogP contribution in [0.1, 0.15) is 23.6 Å². The maximum atomic E-state index is 14.5. The Balaban J connectivity index is 1.85. The van der Waals surface area contributed by atoms with Gasteiger partial charge in [-0.3, -0.25) is 13.9 Å². The van der Waals surface area contributed by atoms with E-state index < -0.39 is 34.4 Å². The molecule has 4 aromatic rings. The molecule has 2 amide bonds. The van der Waals surface area contributed by atoms with Crippen LogP contribution in [0.15, 0.2) is 102 Å². The van der Waals surface area contributed by atoms with Crippen molar-refractivity contribution >= 4 is 62.3 Å². The van der Waals surface area contributed by atoms with Crippen molar-refractivity contribution in [2.75, 3.05) is 17.4 Å². The first-order chi connectivity index (χ1) is 21.0. The fraction of sp³-hybridized carbons (Fsp3) is 0.212. The van der Waals surface area contributed by atoms with Crippen LogP contribution in [0.25, 0.3) is 0 Å². The Morgan fingerprint density at radius 3 is 2.07 bits per heavy atom. The van der Waals surface area contributed by atoms with Crippen molar-refractivity contribution in [2.24, 2.45) is 0 Å². The highest BCUT2D eigenvalue weighted by molar-refractivity contribution is 7.92. The Morgan fingerprint density at radius 2 is 1.45 bits per heavy atom. The van der Waals surface area contributed by atoms with Gasteiger partial charge in [-0.05, 0) is 61.4 Å². The largest absolute Gasteiger partial charge is 0.355 e. The summed E-state index contributed by atoms with van der Waals surface area (Å²) < 4.78 is 29.2. The summed E-state index contributed by atoms with van der Waals surface area (Å²) >= 11 is 19.4. The van der Waals surface area contributed by atoms with Gasteiger partial charge in [0.15, 0.2) is 0 Å². The third-order valence-electron chi connectivity index (χ3n) is 7.06. The average Bonchev–Trinajstić information content (AvgIpc) is 3.01. The van der Waals surface area contributed by atoms with E-state index in [1.165, 1.54) is 23.1 Å². The van der Waals surface area contributed by atoms with Crippen LogP contribution in [0, 0.1) is 6.92 Å². The summed E-state index contributed by atoms with van der Waals surface area (Å²) in [5.41, 5.74) is 2.07. The molecular weight excluding hydrogens is 641 g/mol. The third kappa shape index (κ3) is 7.93. The minimum atomic E-state index is -4.25. The normalized spacial score (nSPS) is 11.9. The van der Waals surface area contributed by atoms with Gasteiger partial charge >= 0.3 is 0 Å². The van der Waals surface area contributed by atoms with Crippen molar-refractivity contribution in [3.05, 3.63) is 129 Å². The standard InChI is InChI=1S/C33H32Cl3N3O4S/c1-3-37-33(41)31(19-24-11-6-4-7-12-24)38(21-27-28(35)15-10-16-29(27)36)32(40)22-39(30-20-25(34)18-17-23(30)2)44(42,43)26-13-8-5-9-14-26/h4-18,20,31H,3,19,21-22H2,1-2H3,(H,37,41). The van der Waals surface area contributed by atoms with Crippen LogP contribution in [-0.4, -0.2) is 44.3 Å². The van der Waals surface area contributed by atoms with Crippen LogP contribution in [0.4, 0.5) is 5.69 Å². The lowest BCUT2D eigenvalue weighted by molar-refractivity contribution is -0.140. The van der Waals surface area contributed by atoms with E-state index in [2.05, 4.69) is 5.32 Å². The Hall–Kier alpha value is -3.56. The van der Waals surface area contributed by atoms with Crippen molar-refractivity contribution in [1.82, 2.24) is 10.2 Å². The maximum absolute atomic E-state index is 14.5. The number of halogens is 3. The number of nitrogens with zero attached hydrogens (tertiary/aromatic N) is 2. The van der Waals surface area contributed by atoms with Gasteiger partial charge in [-0.15, -0.1) is 0 Å². The minimum absolute atomic E-state index is 0.00237. The van der Waals surface area contributed by atoms with Gasteiger partial charge in [0.25, 0.3) is 10.0 Å². The number of likely N-dealkylation sites (N-methyl/N-ethyl adjacent to an activating group) is 1. The van der Waals surface area contributed by atoms with Crippen LogP contribution in [-0.2, 0) is 32.6 Å². The van der Waals surface area contributed by atoms with Crippen molar-refractivity contribution in [1.29, 1.82) is 0 Å². The number of hydrogen-bond acceptors (Lipinski definition) is 4. The van der Waals surface area contributed by atoms with Crippen LogP contribution in [0.2, 0.25) is 15.1 Å². The molecule has 0 aliphatic carbocycles. The van der Waals surface area contributed by atoms with Crippen LogP contribution in [0.3, 0.4) is 0 Å². The molecule has 0 bridgehead atoms. The SMILES string of the molecule is CCNC(=O)C(Cc1ccccc1)N(Cc1c(Cl)cccc1Cl)C(=O)CN(c1cc(Cl)ccc1C)S(=O)(=O)c1ccccc1. The number of amides is 2. The van der Waals surface area contributed by atoms with Gasteiger partial charge in [-0.25, -0.2) is 8.42 Å². The first-order valence-electron chi connectivity index (χ1n) is 13.9. The Bertz CT molecular complexity index is 1700. The number of carbonyl (C=O) groups excluding carboxylic acids is 2. The second-order valence-corrected chi connectivity index (χ2v) is 13.2. The molecule has 0 aliphatic heterocycles. The highest BCUT2D eigenvalue weighted by Gasteiger charge is 2.35. The van der Waals surface area contributed by atoms with Crippen LogP contribution in [0.5, 0.6) is 0 Å². The van der Waals surface area contributed by atoms with Crippen molar-refractivity contribution in [3.63, 3.8) is 0 Å². The minimum Gasteiger partial charge on any atom is -0.355 e. The molecule has 0 heterocycles. The number of aryl methyl sites for hydroxylation is 1. The summed E-state index contributed by atoms with van der Waals surface area (Å²) in [5, 5.41) is 3.75. The van der Waals surface area contributed by atoms with E-state index in [9.17, 15) is 18.0 Å². The smallest absolute Gasteiger partial charge is 0.264 e. The fourth-order valence-corrected chi connectivity index (χ4v) is 6.96. The average molecular weight is 673 g/mol. The Morgan fingerprint density at radius 1 is 0.841 bits per heavy atom. The summed E-state index contributed by atoms with van der Waals surface area (Å²) in [6.07, 6.45) is 0.169. The Labute approximate surface area is 273 Å². The zero-order chi connectivity index (χ0) is 31.9. The molecule has 0 spiro atoms. The van der Waals surface area contributed by atoms with Gasteiger partial charge in [0, 0.05) is 40.1 Å². The van der Waals surface area contributed by atoms with Gasteiger partial charge in [0.1, 0.15) is 12.6 Å². The first-order valence-corrected chi connectivity index (χ1v) is 16.5. The molecule has 0 saturated heterocycles. The molecule has 0 fully saturated rings. The molecule has 4 aromatic carbocycles. The second kappa shape index (κ2) is 14.9. The highest BCUT2D eigenvalue weighted by Crippen LogP contribution is 2.31. The number of nitrogens with one attached hydrogen (secondary N) is 1. The number of anilines is 1. The quantitative estimate of drug-likeness (QED) is 0.177.